The molecule has 1 amide bonds. The van der Waals surface area contributed by atoms with Crippen LogP contribution < -0.4 is 0 Å². The van der Waals surface area contributed by atoms with E-state index in [0.29, 0.717) is 23.9 Å². The summed E-state index contributed by atoms with van der Waals surface area (Å²) in [6.07, 6.45) is 2.21. The van der Waals surface area contributed by atoms with E-state index in [0.717, 1.165) is 5.52 Å². The predicted molar refractivity (Wildman–Crippen MR) is 81.0 cm³/mol. The van der Waals surface area contributed by atoms with Gasteiger partial charge >= 0.3 is 5.97 Å². The van der Waals surface area contributed by atoms with Gasteiger partial charge in [-0.05, 0) is 18.1 Å². The van der Waals surface area contributed by atoms with Crippen molar-refractivity contribution in [3.8, 4) is 0 Å². The van der Waals surface area contributed by atoms with Gasteiger partial charge in [0.25, 0.3) is 5.69 Å². The standard InChI is InChI=1S/C15H15N3O5/c19-14(17-4-3-9(8-17)15(20)21)5-10-7-16-13-2-1-11(18(22)23)6-12(10)13/h1-2,6-7,9,16H,3-5,8H2,(H,20,21). The van der Waals surface area contributed by atoms with E-state index >= 15 is 0 Å². The molecule has 0 saturated carbocycles. The molecule has 0 spiro atoms. The van der Waals surface area contributed by atoms with Crippen LogP contribution >= 0.6 is 0 Å². The topological polar surface area (TPSA) is 117 Å². The van der Waals surface area contributed by atoms with E-state index < -0.39 is 16.8 Å². The van der Waals surface area contributed by atoms with Crippen molar-refractivity contribution in [1.82, 2.24) is 9.88 Å². The first-order valence-corrected chi connectivity index (χ1v) is 7.20. The van der Waals surface area contributed by atoms with Gasteiger partial charge in [0.2, 0.25) is 5.91 Å². The number of likely N-dealkylation sites (tertiary alicyclic amines) is 1. The number of fused-ring (bicyclic) bond motifs is 1. The molecule has 1 atom stereocenters. The fourth-order valence-corrected chi connectivity index (χ4v) is 2.89. The molecule has 8 heteroatoms. The summed E-state index contributed by atoms with van der Waals surface area (Å²) in [5, 5.41) is 20.5. The Morgan fingerprint density at radius 1 is 1.43 bits per heavy atom. The van der Waals surface area contributed by atoms with Gasteiger partial charge in [-0.2, -0.15) is 0 Å². The van der Waals surface area contributed by atoms with Crippen LogP contribution in [0.2, 0.25) is 0 Å². The summed E-state index contributed by atoms with van der Waals surface area (Å²) < 4.78 is 0. The van der Waals surface area contributed by atoms with Gasteiger partial charge < -0.3 is 15.0 Å². The number of rotatable bonds is 4. The first-order valence-electron chi connectivity index (χ1n) is 7.20. The number of carbonyl (C=O) groups excluding carboxylic acids is 1. The monoisotopic (exact) mass is 317 g/mol. The lowest BCUT2D eigenvalue weighted by Gasteiger charge is -2.15. The fraction of sp³-hybridized carbons (Fsp3) is 0.333. The lowest BCUT2D eigenvalue weighted by atomic mass is 10.1. The Morgan fingerprint density at radius 2 is 2.22 bits per heavy atom. The summed E-state index contributed by atoms with van der Waals surface area (Å²) in [4.78, 5) is 38.2. The largest absolute Gasteiger partial charge is 0.481 e. The van der Waals surface area contributed by atoms with E-state index in [2.05, 4.69) is 4.98 Å². The van der Waals surface area contributed by atoms with Crippen LogP contribution in [0.1, 0.15) is 12.0 Å². The maximum atomic E-state index is 12.3. The van der Waals surface area contributed by atoms with Gasteiger partial charge in [0.15, 0.2) is 0 Å². The van der Waals surface area contributed by atoms with Crippen molar-refractivity contribution < 1.29 is 19.6 Å². The molecule has 1 aliphatic rings. The summed E-state index contributed by atoms with van der Waals surface area (Å²) in [5.41, 5.74) is 1.37. The second-order valence-electron chi connectivity index (χ2n) is 5.64. The molecule has 0 aliphatic carbocycles. The molecule has 23 heavy (non-hydrogen) atoms. The van der Waals surface area contributed by atoms with Gasteiger partial charge in [0, 0.05) is 42.3 Å². The van der Waals surface area contributed by atoms with Crippen LogP contribution in [-0.2, 0) is 16.0 Å². The smallest absolute Gasteiger partial charge is 0.308 e. The number of benzene rings is 1. The highest BCUT2D eigenvalue weighted by Gasteiger charge is 2.30. The van der Waals surface area contributed by atoms with Crippen molar-refractivity contribution >= 4 is 28.5 Å². The third-order valence-electron chi connectivity index (χ3n) is 4.19. The second kappa shape index (κ2) is 5.71. The van der Waals surface area contributed by atoms with Crippen LogP contribution in [0, 0.1) is 16.0 Å². The summed E-state index contributed by atoms with van der Waals surface area (Å²) in [7, 11) is 0. The molecule has 1 aromatic carbocycles. The molecule has 1 unspecified atom stereocenters. The van der Waals surface area contributed by atoms with Crippen LogP contribution in [-0.4, -0.2) is 44.9 Å². The average Bonchev–Trinajstić information content (AvgIpc) is 3.14. The zero-order valence-electron chi connectivity index (χ0n) is 12.2. The predicted octanol–water partition coefficient (Wildman–Crippen LogP) is 1.55. The minimum Gasteiger partial charge on any atom is -0.481 e. The highest BCUT2D eigenvalue weighted by molar-refractivity contribution is 5.90. The number of carbonyl (C=O) groups is 2. The zero-order valence-corrected chi connectivity index (χ0v) is 12.2. The molecule has 8 nitrogen and oxygen atoms in total. The Labute approximate surface area is 130 Å². The molecule has 120 valence electrons. The maximum absolute atomic E-state index is 12.3. The van der Waals surface area contributed by atoms with Crippen molar-refractivity contribution in [1.29, 1.82) is 0 Å². The number of H-pyrrole nitrogens is 1. The van der Waals surface area contributed by atoms with Crippen molar-refractivity contribution in [3.63, 3.8) is 0 Å². The van der Waals surface area contributed by atoms with Gasteiger partial charge in [0.1, 0.15) is 0 Å². The molecule has 1 saturated heterocycles. The third-order valence-corrected chi connectivity index (χ3v) is 4.19. The Kier molecular flexibility index (Phi) is 3.73. The highest BCUT2D eigenvalue weighted by Crippen LogP contribution is 2.25. The van der Waals surface area contributed by atoms with E-state index in [-0.39, 0.29) is 24.6 Å². The van der Waals surface area contributed by atoms with Crippen molar-refractivity contribution in [2.24, 2.45) is 5.92 Å². The number of nitrogens with zero attached hydrogens (tertiary/aromatic N) is 2. The first-order chi connectivity index (χ1) is 11.0. The van der Waals surface area contributed by atoms with Crippen molar-refractivity contribution in [2.75, 3.05) is 13.1 Å². The maximum Gasteiger partial charge on any atom is 0.308 e. The molecule has 1 fully saturated rings. The number of carboxylic acid groups (broad SMARTS) is 1. The second-order valence-corrected chi connectivity index (χ2v) is 5.64. The highest BCUT2D eigenvalue weighted by atomic mass is 16.6. The van der Waals surface area contributed by atoms with E-state index in [9.17, 15) is 19.7 Å². The third kappa shape index (κ3) is 2.87. The number of aromatic amines is 1. The van der Waals surface area contributed by atoms with Gasteiger partial charge in [-0.15, -0.1) is 0 Å². The molecule has 0 radical (unpaired) electrons. The Hall–Kier alpha value is -2.90. The molecular weight excluding hydrogens is 302 g/mol. The number of nitro groups is 1. The molecular formula is C15H15N3O5. The number of non-ortho nitro benzene ring substituents is 1. The van der Waals surface area contributed by atoms with Gasteiger partial charge in [-0.1, -0.05) is 0 Å². The van der Waals surface area contributed by atoms with Crippen LogP contribution in [0.5, 0.6) is 0 Å². The van der Waals surface area contributed by atoms with Crippen LogP contribution in [0.15, 0.2) is 24.4 Å². The first kappa shape index (κ1) is 15.0. The number of hydrogen-bond donors (Lipinski definition) is 2. The van der Waals surface area contributed by atoms with Crippen molar-refractivity contribution in [2.45, 2.75) is 12.8 Å². The zero-order chi connectivity index (χ0) is 16.6. The van der Waals surface area contributed by atoms with Crippen LogP contribution in [0.4, 0.5) is 5.69 Å². The van der Waals surface area contributed by atoms with Crippen molar-refractivity contribution in [3.05, 3.63) is 40.1 Å². The molecule has 3 rings (SSSR count). The summed E-state index contributed by atoms with van der Waals surface area (Å²) in [6, 6.07) is 4.46. The van der Waals surface area contributed by atoms with E-state index in [1.54, 1.807) is 12.3 Å². The summed E-state index contributed by atoms with van der Waals surface area (Å²) in [5.74, 6) is -1.56. The Morgan fingerprint density at radius 3 is 2.87 bits per heavy atom. The molecule has 2 N–H and O–H groups in total. The van der Waals surface area contributed by atoms with E-state index in [4.69, 9.17) is 5.11 Å². The Bertz CT molecular complexity index is 798. The number of nitrogens with one attached hydrogen (secondary N) is 1. The number of amides is 1. The van der Waals surface area contributed by atoms with E-state index in [1.165, 1.54) is 17.0 Å². The lowest BCUT2D eigenvalue weighted by Crippen LogP contribution is -2.31. The van der Waals surface area contributed by atoms with Crippen LogP contribution in [0.3, 0.4) is 0 Å². The number of nitro benzene ring substituents is 1. The van der Waals surface area contributed by atoms with Gasteiger partial charge in [-0.25, -0.2) is 0 Å². The Balaban J connectivity index is 1.79. The number of aliphatic carboxylic acids is 1. The lowest BCUT2D eigenvalue weighted by molar-refractivity contribution is -0.384. The summed E-state index contributed by atoms with van der Waals surface area (Å²) in [6.45, 7) is 0.648. The van der Waals surface area contributed by atoms with Gasteiger partial charge in [-0.3, -0.25) is 19.7 Å². The summed E-state index contributed by atoms with van der Waals surface area (Å²) >= 11 is 0. The van der Waals surface area contributed by atoms with Gasteiger partial charge in [0.05, 0.1) is 17.3 Å². The fourth-order valence-electron chi connectivity index (χ4n) is 2.89. The molecule has 0 bridgehead atoms. The molecule has 2 heterocycles. The normalized spacial score (nSPS) is 17.6. The molecule has 1 aliphatic heterocycles. The minimum atomic E-state index is -0.886. The van der Waals surface area contributed by atoms with E-state index in [1.807, 2.05) is 0 Å². The molecule has 2 aromatic rings. The SMILES string of the molecule is O=C(O)C1CCN(C(=O)Cc2c[nH]c3ccc([N+](=O)[O-])cc23)C1. The average molecular weight is 317 g/mol. The number of hydrogen-bond acceptors (Lipinski definition) is 4. The number of carboxylic acids is 1. The quantitative estimate of drug-likeness (QED) is 0.655. The van der Waals surface area contributed by atoms with Crippen LogP contribution in [0.25, 0.3) is 10.9 Å². The minimum absolute atomic E-state index is 0.0297. The molecule has 1 aromatic heterocycles. The number of aromatic nitrogens is 1.